The van der Waals surface area contributed by atoms with E-state index in [1.807, 2.05) is 0 Å². The van der Waals surface area contributed by atoms with Crippen molar-refractivity contribution in [1.29, 1.82) is 0 Å². The van der Waals surface area contributed by atoms with Gasteiger partial charge in [-0.3, -0.25) is 14.4 Å². The number of nitrogens with zero attached hydrogens (tertiary/aromatic N) is 1. The highest BCUT2D eigenvalue weighted by Crippen LogP contribution is 2.29. The van der Waals surface area contributed by atoms with Gasteiger partial charge in [-0.2, -0.15) is 0 Å². The molecule has 3 rings (SSSR count). The molecular weight excluding hydrogens is 372 g/mol. The normalized spacial score (nSPS) is 14.5. The first-order valence-electron chi connectivity index (χ1n) is 8.06. The third-order valence-corrected chi connectivity index (χ3v) is 5.74. The smallest absolute Gasteiger partial charge is 0.325 e. The van der Waals surface area contributed by atoms with Crippen molar-refractivity contribution < 1.29 is 27.5 Å². The number of hydrogen-bond donors (Lipinski definition) is 1. The van der Waals surface area contributed by atoms with Crippen molar-refractivity contribution in [2.45, 2.75) is 4.90 Å². The fourth-order valence-corrected chi connectivity index (χ4v) is 4.14. The lowest BCUT2D eigenvalue weighted by molar-refractivity contribution is -0.142. The minimum atomic E-state index is -3.93. The first-order valence-corrected chi connectivity index (χ1v) is 9.50. The molecule has 0 fully saturated rings. The molecule has 1 aliphatic heterocycles. The number of carbonyl (C=O) groups excluding carboxylic acids is 3. The number of nitrogens with one attached hydrogen (secondary N) is 1. The van der Waals surface area contributed by atoms with Gasteiger partial charge in [0.2, 0.25) is 0 Å². The molecule has 0 bridgehead atoms. The van der Waals surface area contributed by atoms with E-state index in [0.717, 1.165) is 0 Å². The van der Waals surface area contributed by atoms with Crippen LogP contribution >= 0.6 is 0 Å². The van der Waals surface area contributed by atoms with Crippen molar-refractivity contribution in [3.8, 4) is 0 Å². The van der Waals surface area contributed by atoms with Crippen molar-refractivity contribution in [2.75, 3.05) is 19.7 Å². The standard InChI is InChI=1S/C18H16N2O6S/c21-16(12-19-17(22)13-6-2-1-3-7-13)26-11-10-20-18(23)14-8-4-5-9-15(14)27(20,24)25/h1-9H,10-12H2,(H,19,22). The van der Waals surface area contributed by atoms with Crippen molar-refractivity contribution in [3.63, 3.8) is 0 Å². The van der Waals surface area contributed by atoms with Crippen LogP contribution in [0.25, 0.3) is 0 Å². The number of esters is 1. The van der Waals surface area contributed by atoms with Crippen LogP contribution in [0, 0.1) is 0 Å². The SMILES string of the molecule is O=C(CNC(=O)c1ccccc1)OCCN1C(=O)c2ccccc2S1(=O)=O. The van der Waals surface area contributed by atoms with E-state index in [4.69, 9.17) is 4.74 Å². The topological polar surface area (TPSA) is 110 Å². The van der Waals surface area contributed by atoms with Gasteiger partial charge in [0.15, 0.2) is 0 Å². The van der Waals surface area contributed by atoms with E-state index in [2.05, 4.69) is 5.32 Å². The van der Waals surface area contributed by atoms with E-state index in [-0.39, 0.29) is 30.2 Å². The molecule has 2 aromatic rings. The largest absolute Gasteiger partial charge is 0.462 e. The summed E-state index contributed by atoms with van der Waals surface area (Å²) >= 11 is 0. The molecule has 2 amide bonds. The summed E-state index contributed by atoms with van der Waals surface area (Å²) in [6.45, 7) is -0.970. The van der Waals surface area contributed by atoms with Gasteiger partial charge in [0.25, 0.3) is 21.8 Å². The zero-order valence-electron chi connectivity index (χ0n) is 14.1. The predicted octanol–water partition coefficient (Wildman–Crippen LogP) is 0.804. The maximum atomic E-state index is 12.3. The van der Waals surface area contributed by atoms with E-state index >= 15 is 0 Å². The monoisotopic (exact) mass is 388 g/mol. The summed E-state index contributed by atoms with van der Waals surface area (Å²) in [6.07, 6.45) is 0. The summed E-state index contributed by atoms with van der Waals surface area (Å²) in [5, 5.41) is 2.40. The maximum absolute atomic E-state index is 12.3. The van der Waals surface area contributed by atoms with Crippen LogP contribution < -0.4 is 5.32 Å². The van der Waals surface area contributed by atoms with Crippen molar-refractivity contribution in [2.24, 2.45) is 0 Å². The molecule has 0 spiro atoms. The molecule has 0 aromatic heterocycles. The highest BCUT2D eigenvalue weighted by Gasteiger charge is 2.40. The molecule has 0 unspecified atom stereocenters. The molecule has 0 atom stereocenters. The van der Waals surface area contributed by atoms with Crippen LogP contribution in [0.4, 0.5) is 0 Å². The Labute approximate surface area is 155 Å². The lowest BCUT2D eigenvalue weighted by Crippen LogP contribution is -2.35. The fraction of sp³-hybridized carbons (Fsp3) is 0.167. The average Bonchev–Trinajstić information content (AvgIpc) is 2.87. The molecular formula is C18H16N2O6S. The van der Waals surface area contributed by atoms with Crippen molar-refractivity contribution >= 4 is 27.8 Å². The molecule has 0 aliphatic carbocycles. The van der Waals surface area contributed by atoms with Crippen LogP contribution in [-0.4, -0.2) is 50.2 Å². The first kappa shape index (κ1) is 18.6. The molecule has 1 aliphatic rings. The van der Waals surface area contributed by atoms with Gasteiger partial charge in [-0.1, -0.05) is 30.3 Å². The van der Waals surface area contributed by atoms with Crippen molar-refractivity contribution in [1.82, 2.24) is 9.62 Å². The molecule has 27 heavy (non-hydrogen) atoms. The van der Waals surface area contributed by atoms with Crippen LogP contribution in [0.15, 0.2) is 59.5 Å². The van der Waals surface area contributed by atoms with Gasteiger partial charge in [0, 0.05) is 5.56 Å². The average molecular weight is 388 g/mol. The maximum Gasteiger partial charge on any atom is 0.325 e. The van der Waals surface area contributed by atoms with Gasteiger partial charge in [-0.25, -0.2) is 12.7 Å². The summed E-state index contributed by atoms with van der Waals surface area (Å²) in [4.78, 5) is 35.7. The fourth-order valence-electron chi connectivity index (χ4n) is 2.59. The van der Waals surface area contributed by atoms with Gasteiger partial charge in [0.05, 0.1) is 12.1 Å². The van der Waals surface area contributed by atoms with Gasteiger partial charge < -0.3 is 10.1 Å². The predicted molar refractivity (Wildman–Crippen MR) is 94.4 cm³/mol. The Bertz CT molecular complexity index is 988. The second kappa shape index (κ2) is 7.58. The van der Waals surface area contributed by atoms with Gasteiger partial charge in [-0.05, 0) is 24.3 Å². The molecule has 1 N–H and O–H groups in total. The summed E-state index contributed by atoms with van der Waals surface area (Å²) in [5.41, 5.74) is 0.496. The van der Waals surface area contributed by atoms with E-state index in [1.54, 1.807) is 36.4 Å². The van der Waals surface area contributed by atoms with E-state index in [0.29, 0.717) is 9.87 Å². The number of sulfonamides is 1. The molecule has 140 valence electrons. The van der Waals surface area contributed by atoms with Gasteiger partial charge in [0.1, 0.15) is 18.0 Å². The minimum Gasteiger partial charge on any atom is -0.462 e. The number of fused-ring (bicyclic) bond motifs is 1. The Hall–Kier alpha value is -3.20. The first-order chi connectivity index (χ1) is 12.9. The Morgan fingerprint density at radius 1 is 1.00 bits per heavy atom. The number of benzene rings is 2. The summed E-state index contributed by atoms with van der Waals surface area (Å²) < 4.78 is 30.3. The summed E-state index contributed by atoms with van der Waals surface area (Å²) in [6, 6.07) is 14.2. The molecule has 2 aromatic carbocycles. The zero-order valence-corrected chi connectivity index (χ0v) is 14.9. The second-order valence-electron chi connectivity index (χ2n) is 5.65. The minimum absolute atomic E-state index is 0.0588. The Balaban J connectivity index is 1.50. The summed E-state index contributed by atoms with van der Waals surface area (Å²) in [7, 11) is -3.93. The number of ether oxygens (including phenoxy) is 1. The third kappa shape index (κ3) is 3.82. The molecule has 9 heteroatoms. The number of carbonyl (C=O) groups is 3. The third-order valence-electron chi connectivity index (χ3n) is 3.90. The van der Waals surface area contributed by atoms with E-state index < -0.39 is 27.8 Å². The highest BCUT2D eigenvalue weighted by atomic mass is 32.2. The second-order valence-corrected chi connectivity index (χ2v) is 7.48. The van der Waals surface area contributed by atoms with Crippen LogP contribution in [0.2, 0.25) is 0 Å². The van der Waals surface area contributed by atoms with Crippen LogP contribution in [0.1, 0.15) is 20.7 Å². The van der Waals surface area contributed by atoms with E-state index in [1.165, 1.54) is 18.2 Å². The zero-order chi connectivity index (χ0) is 19.4. The molecule has 8 nitrogen and oxygen atoms in total. The quantitative estimate of drug-likeness (QED) is 0.733. The van der Waals surface area contributed by atoms with Crippen LogP contribution in [-0.2, 0) is 19.6 Å². The lowest BCUT2D eigenvalue weighted by atomic mass is 10.2. The van der Waals surface area contributed by atoms with E-state index in [9.17, 15) is 22.8 Å². The highest BCUT2D eigenvalue weighted by molar-refractivity contribution is 7.90. The van der Waals surface area contributed by atoms with Crippen molar-refractivity contribution in [3.05, 3.63) is 65.7 Å². The summed E-state index contributed by atoms with van der Waals surface area (Å²) in [5.74, 6) is -1.82. The Morgan fingerprint density at radius 3 is 2.37 bits per heavy atom. The lowest BCUT2D eigenvalue weighted by Gasteiger charge is -2.15. The van der Waals surface area contributed by atoms with Gasteiger partial charge in [-0.15, -0.1) is 0 Å². The van der Waals surface area contributed by atoms with Crippen LogP contribution in [0.5, 0.6) is 0 Å². The van der Waals surface area contributed by atoms with Crippen LogP contribution in [0.3, 0.4) is 0 Å². The number of rotatable bonds is 6. The molecule has 0 saturated heterocycles. The van der Waals surface area contributed by atoms with Gasteiger partial charge >= 0.3 is 5.97 Å². The number of hydrogen-bond acceptors (Lipinski definition) is 6. The number of amides is 2. The molecule has 0 saturated carbocycles. The Kier molecular flexibility index (Phi) is 5.22. The Morgan fingerprint density at radius 2 is 1.67 bits per heavy atom. The molecule has 1 heterocycles. The molecule has 0 radical (unpaired) electrons.